The summed E-state index contributed by atoms with van der Waals surface area (Å²) in [6.07, 6.45) is 15.8. The van der Waals surface area contributed by atoms with Crippen LogP contribution in [0.3, 0.4) is 0 Å². The number of aliphatic hydroxyl groups excluding tert-OH is 2. The molecule has 0 aliphatic heterocycles. The van der Waals surface area contributed by atoms with Crippen molar-refractivity contribution in [3.8, 4) is 0 Å². The SMILES string of the molecule is CCCCCCCCCCCCCCC(=O)O.OCCO. The van der Waals surface area contributed by atoms with Crippen LogP contribution in [0.4, 0.5) is 0 Å². The predicted octanol–water partition coefficient (Wildman–Crippen LogP) is 4.13. The van der Waals surface area contributed by atoms with Crippen LogP contribution in [0, 0.1) is 0 Å². The zero-order chi connectivity index (χ0) is 16.2. The van der Waals surface area contributed by atoms with Crippen LogP contribution >= 0.6 is 0 Å². The molecule has 4 heteroatoms. The molecule has 0 bridgehead atoms. The number of carbonyl (C=O) groups is 1. The molecule has 0 aliphatic carbocycles. The van der Waals surface area contributed by atoms with E-state index >= 15 is 0 Å². The Hall–Kier alpha value is -0.610. The molecule has 0 saturated heterocycles. The van der Waals surface area contributed by atoms with Gasteiger partial charge in [0.25, 0.3) is 0 Å². The van der Waals surface area contributed by atoms with Crippen LogP contribution in [0.2, 0.25) is 0 Å². The Labute approximate surface area is 130 Å². The molecule has 0 aliphatic rings. The zero-order valence-electron chi connectivity index (χ0n) is 13.9. The summed E-state index contributed by atoms with van der Waals surface area (Å²) in [6.45, 7) is 2.00. The van der Waals surface area contributed by atoms with E-state index in [4.69, 9.17) is 15.3 Å². The summed E-state index contributed by atoms with van der Waals surface area (Å²) in [6, 6.07) is 0. The van der Waals surface area contributed by atoms with Crippen molar-refractivity contribution in [2.24, 2.45) is 0 Å². The van der Waals surface area contributed by atoms with E-state index in [0.29, 0.717) is 6.42 Å². The predicted molar refractivity (Wildman–Crippen MR) is 87.5 cm³/mol. The first-order valence-corrected chi connectivity index (χ1v) is 8.62. The number of unbranched alkanes of at least 4 members (excludes halogenated alkanes) is 11. The second-order valence-corrected chi connectivity index (χ2v) is 5.48. The number of aliphatic hydroxyl groups is 2. The molecule has 0 fully saturated rings. The maximum Gasteiger partial charge on any atom is 0.303 e. The van der Waals surface area contributed by atoms with Crippen molar-refractivity contribution in [3.63, 3.8) is 0 Å². The van der Waals surface area contributed by atoms with Gasteiger partial charge in [0.15, 0.2) is 0 Å². The van der Waals surface area contributed by atoms with E-state index in [1.54, 1.807) is 0 Å². The van der Waals surface area contributed by atoms with E-state index < -0.39 is 5.97 Å². The van der Waals surface area contributed by atoms with Gasteiger partial charge in [0.05, 0.1) is 13.2 Å². The van der Waals surface area contributed by atoms with Gasteiger partial charge in [-0.25, -0.2) is 0 Å². The van der Waals surface area contributed by atoms with Crippen LogP contribution in [0.15, 0.2) is 0 Å². The summed E-state index contributed by atoms with van der Waals surface area (Å²) in [7, 11) is 0. The summed E-state index contributed by atoms with van der Waals surface area (Å²) < 4.78 is 0. The average Bonchev–Trinajstić information content (AvgIpc) is 2.48. The number of carboxylic acid groups (broad SMARTS) is 1. The number of aliphatic carboxylic acids is 1. The third kappa shape index (κ3) is 28.3. The van der Waals surface area contributed by atoms with Crippen molar-refractivity contribution in [2.75, 3.05) is 13.2 Å². The number of rotatable bonds is 14. The Morgan fingerprint density at radius 1 is 0.667 bits per heavy atom. The van der Waals surface area contributed by atoms with E-state index in [0.717, 1.165) is 12.8 Å². The van der Waals surface area contributed by atoms with Gasteiger partial charge in [0.2, 0.25) is 0 Å². The minimum atomic E-state index is -0.655. The van der Waals surface area contributed by atoms with Gasteiger partial charge in [-0.05, 0) is 6.42 Å². The summed E-state index contributed by atoms with van der Waals surface area (Å²) in [5.41, 5.74) is 0. The Kier molecular flexibility index (Phi) is 23.4. The number of hydrogen-bond donors (Lipinski definition) is 3. The molecule has 0 radical (unpaired) electrons. The minimum Gasteiger partial charge on any atom is -0.481 e. The highest BCUT2D eigenvalue weighted by Gasteiger charge is 1.96. The van der Waals surface area contributed by atoms with Gasteiger partial charge in [0, 0.05) is 6.42 Å². The second-order valence-electron chi connectivity index (χ2n) is 5.48. The van der Waals surface area contributed by atoms with Crippen LogP contribution in [0.1, 0.15) is 90.4 Å². The van der Waals surface area contributed by atoms with Crippen molar-refractivity contribution >= 4 is 5.97 Å². The minimum absolute atomic E-state index is 0.125. The summed E-state index contributed by atoms with van der Waals surface area (Å²) >= 11 is 0. The number of carboxylic acids is 1. The Balaban J connectivity index is 0. The van der Waals surface area contributed by atoms with Crippen LogP contribution in [0.5, 0.6) is 0 Å². The van der Waals surface area contributed by atoms with Crippen molar-refractivity contribution in [1.29, 1.82) is 0 Å². The lowest BCUT2D eigenvalue weighted by atomic mass is 10.0. The molecule has 0 aromatic heterocycles. The molecule has 0 unspecified atom stereocenters. The fraction of sp³-hybridized carbons (Fsp3) is 0.941. The molecule has 0 spiro atoms. The van der Waals surface area contributed by atoms with Gasteiger partial charge in [-0.3, -0.25) is 4.79 Å². The lowest BCUT2D eigenvalue weighted by Gasteiger charge is -2.02. The lowest BCUT2D eigenvalue weighted by molar-refractivity contribution is -0.137. The van der Waals surface area contributed by atoms with Gasteiger partial charge in [0.1, 0.15) is 0 Å². The van der Waals surface area contributed by atoms with Gasteiger partial charge in [-0.15, -0.1) is 0 Å². The van der Waals surface area contributed by atoms with Crippen molar-refractivity contribution in [1.82, 2.24) is 0 Å². The van der Waals surface area contributed by atoms with Gasteiger partial charge >= 0.3 is 5.97 Å². The highest BCUT2D eigenvalue weighted by Crippen LogP contribution is 2.12. The van der Waals surface area contributed by atoms with Crippen LogP contribution < -0.4 is 0 Å². The summed E-state index contributed by atoms with van der Waals surface area (Å²) in [5.74, 6) is -0.655. The van der Waals surface area contributed by atoms with Crippen molar-refractivity contribution in [2.45, 2.75) is 90.4 Å². The van der Waals surface area contributed by atoms with Crippen LogP contribution in [0.25, 0.3) is 0 Å². The van der Waals surface area contributed by atoms with E-state index in [-0.39, 0.29) is 13.2 Å². The van der Waals surface area contributed by atoms with Gasteiger partial charge in [-0.1, -0.05) is 77.6 Å². The Bertz CT molecular complexity index is 193. The van der Waals surface area contributed by atoms with Crippen LogP contribution in [-0.2, 0) is 4.79 Å². The fourth-order valence-electron chi connectivity index (χ4n) is 2.12. The average molecular weight is 304 g/mol. The molecule has 3 N–H and O–H groups in total. The maximum absolute atomic E-state index is 10.3. The van der Waals surface area contributed by atoms with E-state index in [2.05, 4.69) is 6.92 Å². The third-order valence-electron chi connectivity index (χ3n) is 3.34. The van der Waals surface area contributed by atoms with Crippen molar-refractivity contribution in [3.05, 3.63) is 0 Å². The smallest absolute Gasteiger partial charge is 0.303 e. The van der Waals surface area contributed by atoms with Crippen LogP contribution in [-0.4, -0.2) is 34.5 Å². The largest absolute Gasteiger partial charge is 0.481 e. The molecule has 0 saturated carbocycles. The first kappa shape index (κ1) is 22.7. The Morgan fingerprint density at radius 2 is 1.00 bits per heavy atom. The Morgan fingerprint density at radius 3 is 1.29 bits per heavy atom. The fourth-order valence-corrected chi connectivity index (χ4v) is 2.12. The quantitative estimate of drug-likeness (QED) is 0.422. The van der Waals surface area contributed by atoms with E-state index in [1.165, 1.54) is 64.2 Å². The highest BCUT2D eigenvalue weighted by molar-refractivity contribution is 5.66. The molecule has 0 aromatic carbocycles. The molecular formula is C17H36O4. The summed E-state index contributed by atoms with van der Waals surface area (Å²) in [4.78, 5) is 10.3. The summed E-state index contributed by atoms with van der Waals surface area (Å²) in [5, 5.41) is 23.7. The standard InChI is InChI=1S/C15H30O2.C2H6O2/c1-2-3-4-5-6-7-8-9-10-11-12-13-14-15(16)17;3-1-2-4/h2-14H2,1H3,(H,16,17);3-4H,1-2H2. The first-order valence-electron chi connectivity index (χ1n) is 8.62. The second kappa shape index (κ2) is 21.7. The third-order valence-corrected chi connectivity index (χ3v) is 3.34. The molecule has 21 heavy (non-hydrogen) atoms. The molecule has 0 heterocycles. The molecule has 0 aromatic rings. The van der Waals surface area contributed by atoms with Gasteiger partial charge in [-0.2, -0.15) is 0 Å². The van der Waals surface area contributed by atoms with Gasteiger partial charge < -0.3 is 15.3 Å². The highest BCUT2D eigenvalue weighted by atomic mass is 16.4. The monoisotopic (exact) mass is 304 g/mol. The molecule has 128 valence electrons. The zero-order valence-corrected chi connectivity index (χ0v) is 13.9. The topological polar surface area (TPSA) is 77.8 Å². The lowest BCUT2D eigenvalue weighted by Crippen LogP contribution is -1.93. The molecule has 0 rings (SSSR count). The normalized spacial score (nSPS) is 10.0. The van der Waals surface area contributed by atoms with E-state index in [9.17, 15) is 4.79 Å². The number of hydrogen-bond acceptors (Lipinski definition) is 3. The molecule has 4 nitrogen and oxygen atoms in total. The van der Waals surface area contributed by atoms with E-state index in [1.807, 2.05) is 0 Å². The molecule has 0 atom stereocenters. The molecular weight excluding hydrogens is 268 g/mol. The maximum atomic E-state index is 10.3. The first-order chi connectivity index (χ1) is 10.2. The van der Waals surface area contributed by atoms with Crippen molar-refractivity contribution < 1.29 is 20.1 Å². The molecule has 0 amide bonds.